The van der Waals surface area contributed by atoms with Gasteiger partial charge < -0.3 is 10.1 Å². The maximum absolute atomic E-state index is 13.5. The van der Waals surface area contributed by atoms with Gasteiger partial charge in [-0.25, -0.2) is 9.37 Å². The maximum atomic E-state index is 13.5. The summed E-state index contributed by atoms with van der Waals surface area (Å²) in [4.78, 5) is 17.7. The van der Waals surface area contributed by atoms with Crippen LogP contribution >= 0.6 is 11.8 Å². The van der Waals surface area contributed by atoms with Crippen LogP contribution in [0.1, 0.15) is 35.3 Å². The molecule has 2 heterocycles. The quantitative estimate of drug-likeness (QED) is 0.930. The van der Waals surface area contributed by atoms with E-state index in [0.29, 0.717) is 18.1 Å². The minimum absolute atomic E-state index is 0.205. The van der Waals surface area contributed by atoms with Gasteiger partial charge in [0.15, 0.2) is 0 Å². The molecule has 0 aliphatic carbocycles. The first-order valence-corrected chi connectivity index (χ1v) is 8.48. The van der Waals surface area contributed by atoms with E-state index in [1.54, 1.807) is 36.2 Å². The van der Waals surface area contributed by atoms with Gasteiger partial charge in [0, 0.05) is 16.8 Å². The molecule has 1 amide bonds. The number of halogens is 1. The Morgan fingerprint density at radius 3 is 3.17 bits per heavy atom. The van der Waals surface area contributed by atoms with E-state index in [2.05, 4.69) is 10.3 Å². The van der Waals surface area contributed by atoms with Crippen molar-refractivity contribution in [3.8, 4) is 5.88 Å². The first-order chi connectivity index (χ1) is 11.2. The van der Waals surface area contributed by atoms with Gasteiger partial charge >= 0.3 is 0 Å². The number of hydrogen-bond acceptors (Lipinski definition) is 4. The summed E-state index contributed by atoms with van der Waals surface area (Å²) in [5, 5.41) is 2.98. The lowest BCUT2D eigenvalue weighted by Crippen LogP contribution is -2.31. The topological polar surface area (TPSA) is 51.2 Å². The summed E-state index contributed by atoms with van der Waals surface area (Å²) in [5.74, 6) is 0.655. The lowest BCUT2D eigenvalue weighted by Gasteiger charge is -2.26. The summed E-state index contributed by atoms with van der Waals surface area (Å²) in [5.41, 5.74) is 1.22. The summed E-state index contributed by atoms with van der Waals surface area (Å²) in [6.45, 7) is 2.28. The molecule has 1 aromatic heterocycles. The van der Waals surface area contributed by atoms with Crippen molar-refractivity contribution in [3.05, 3.63) is 53.5 Å². The second-order valence-corrected chi connectivity index (χ2v) is 6.27. The van der Waals surface area contributed by atoms with Crippen LogP contribution in [0.5, 0.6) is 5.88 Å². The number of ether oxygens (including phenoxy) is 1. The van der Waals surface area contributed by atoms with Crippen molar-refractivity contribution < 1.29 is 13.9 Å². The highest BCUT2D eigenvalue weighted by Gasteiger charge is 2.24. The summed E-state index contributed by atoms with van der Waals surface area (Å²) < 4.78 is 18.9. The van der Waals surface area contributed by atoms with E-state index in [-0.39, 0.29) is 17.8 Å². The largest absolute Gasteiger partial charge is 0.477 e. The van der Waals surface area contributed by atoms with Crippen LogP contribution in [-0.4, -0.2) is 23.3 Å². The molecule has 23 heavy (non-hydrogen) atoms. The number of nitrogens with one attached hydrogen (secondary N) is 1. The average Bonchev–Trinajstić information content (AvgIpc) is 2.56. The van der Waals surface area contributed by atoms with Crippen molar-refractivity contribution in [1.29, 1.82) is 0 Å². The minimum atomic E-state index is -0.290. The Labute approximate surface area is 138 Å². The molecule has 4 nitrogen and oxygen atoms in total. The van der Waals surface area contributed by atoms with E-state index in [0.717, 1.165) is 22.6 Å². The summed E-state index contributed by atoms with van der Waals surface area (Å²) in [6, 6.07) is 7.88. The Morgan fingerprint density at radius 2 is 2.35 bits per heavy atom. The molecule has 0 fully saturated rings. The Kier molecular flexibility index (Phi) is 4.81. The molecular weight excluding hydrogens is 315 g/mol. The molecule has 6 heteroatoms. The number of fused-ring (bicyclic) bond motifs is 1. The SMILES string of the molecule is CCOc1ncccc1C(=O)N[C@@H]1CCSc2ccc(F)cc21. The lowest BCUT2D eigenvalue weighted by atomic mass is 10.0. The molecule has 0 saturated carbocycles. The molecule has 0 spiro atoms. The number of hydrogen-bond donors (Lipinski definition) is 1. The fourth-order valence-electron chi connectivity index (χ4n) is 2.57. The van der Waals surface area contributed by atoms with Gasteiger partial charge in [0.05, 0.1) is 12.6 Å². The van der Waals surface area contributed by atoms with Gasteiger partial charge in [-0.15, -0.1) is 11.8 Å². The standard InChI is InChI=1S/C17H17FN2O2S/c1-2-22-17-12(4-3-8-19-17)16(21)20-14-7-9-23-15-6-5-11(18)10-13(14)15/h3-6,8,10,14H,2,7,9H2,1H3,(H,20,21)/t14-/m1/s1. The number of nitrogens with zero attached hydrogens (tertiary/aromatic N) is 1. The molecule has 3 rings (SSSR count). The van der Waals surface area contributed by atoms with Gasteiger partial charge in [-0.2, -0.15) is 0 Å². The fourth-order valence-corrected chi connectivity index (χ4v) is 3.67. The number of pyridine rings is 1. The van der Waals surface area contributed by atoms with Crippen molar-refractivity contribution >= 4 is 17.7 Å². The third kappa shape index (κ3) is 3.47. The molecule has 2 aromatic rings. The number of benzene rings is 1. The van der Waals surface area contributed by atoms with Crippen molar-refractivity contribution in [2.45, 2.75) is 24.3 Å². The van der Waals surface area contributed by atoms with Gasteiger partial charge in [0.25, 0.3) is 5.91 Å². The maximum Gasteiger partial charge on any atom is 0.257 e. The second-order valence-electron chi connectivity index (χ2n) is 5.13. The van der Waals surface area contributed by atoms with Crippen LogP contribution in [0.2, 0.25) is 0 Å². The van der Waals surface area contributed by atoms with Crippen LogP contribution in [0.15, 0.2) is 41.4 Å². The van der Waals surface area contributed by atoms with Crippen LogP contribution < -0.4 is 10.1 Å². The van der Waals surface area contributed by atoms with Gasteiger partial charge in [-0.3, -0.25) is 4.79 Å². The Balaban J connectivity index is 1.83. The van der Waals surface area contributed by atoms with Crippen molar-refractivity contribution in [2.75, 3.05) is 12.4 Å². The summed E-state index contributed by atoms with van der Waals surface area (Å²) in [6.07, 6.45) is 2.35. The van der Waals surface area contributed by atoms with Crippen LogP contribution in [0, 0.1) is 5.82 Å². The Morgan fingerprint density at radius 1 is 1.48 bits per heavy atom. The minimum Gasteiger partial charge on any atom is -0.477 e. The number of rotatable bonds is 4. The number of amides is 1. The number of aromatic nitrogens is 1. The highest BCUT2D eigenvalue weighted by molar-refractivity contribution is 7.99. The van der Waals surface area contributed by atoms with E-state index in [4.69, 9.17) is 4.74 Å². The molecule has 1 aromatic carbocycles. The van der Waals surface area contributed by atoms with Gasteiger partial charge in [-0.1, -0.05) is 0 Å². The summed E-state index contributed by atoms with van der Waals surface area (Å²) >= 11 is 1.68. The molecule has 0 bridgehead atoms. The third-order valence-electron chi connectivity index (χ3n) is 3.61. The number of carbonyl (C=O) groups excluding carboxylic acids is 1. The molecule has 1 N–H and O–H groups in total. The first-order valence-electron chi connectivity index (χ1n) is 7.50. The lowest BCUT2D eigenvalue weighted by molar-refractivity contribution is 0.0930. The third-order valence-corrected chi connectivity index (χ3v) is 4.74. The predicted octanol–water partition coefficient (Wildman–Crippen LogP) is 3.59. The van der Waals surface area contributed by atoms with E-state index in [1.807, 2.05) is 6.92 Å². The molecule has 120 valence electrons. The molecule has 1 atom stereocenters. The van der Waals surface area contributed by atoms with Gasteiger partial charge in [-0.05, 0) is 49.2 Å². The zero-order valence-corrected chi connectivity index (χ0v) is 13.5. The molecular formula is C17H17FN2O2S. The van der Waals surface area contributed by atoms with Crippen molar-refractivity contribution in [1.82, 2.24) is 10.3 Å². The predicted molar refractivity (Wildman–Crippen MR) is 87.4 cm³/mol. The van der Waals surface area contributed by atoms with Crippen LogP contribution in [0.3, 0.4) is 0 Å². The first kappa shape index (κ1) is 15.8. The van der Waals surface area contributed by atoms with Crippen molar-refractivity contribution in [3.63, 3.8) is 0 Å². The molecule has 0 radical (unpaired) electrons. The van der Waals surface area contributed by atoms with Gasteiger partial charge in [0.1, 0.15) is 11.4 Å². The second kappa shape index (κ2) is 7.00. The normalized spacial score (nSPS) is 16.5. The number of carbonyl (C=O) groups is 1. The molecule has 1 aliphatic heterocycles. The highest BCUT2D eigenvalue weighted by Crippen LogP contribution is 2.36. The molecule has 0 saturated heterocycles. The van der Waals surface area contributed by atoms with E-state index < -0.39 is 0 Å². The van der Waals surface area contributed by atoms with E-state index in [9.17, 15) is 9.18 Å². The van der Waals surface area contributed by atoms with E-state index >= 15 is 0 Å². The van der Waals surface area contributed by atoms with Crippen LogP contribution in [-0.2, 0) is 0 Å². The smallest absolute Gasteiger partial charge is 0.257 e. The molecule has 0 unspecified atom stereocenters. The van der Waals surface area contributed by atoms with Gasteiger partial charge in [0.2, 0.25) is 5.88 Å². The highest BCUT2D eigenvalue weighted by atomic mass is 32.2. The Bertz CT molecular complexity index is 723. The summed E-state index contributed by atoms with van der Waals surface area (Å²) in [7, 11) is 0. The zero-order valence-electron chi connectivity index (χ0n) is 12.7. The number of thioether (sulfide) groups is 1. The zero-order chi connectivity index (χ0) is 16.2. The van der Waals surface area contributed by atoms with Crippen LogP contribution in [0.4, 0.5) is 4.39 Å². The Hall–Kier alpha value is -2.08. The van der Waals surface area contributed by atoms with Crippen LogP contribution in [0.25, 0.3) is 0 Å². The average molecular weight is 332 g/mol. The van der Waals surface area contributed by atoms with Crippen molar-refractivity contribution in [2.24, 2.45) is 0 Å². The molecule has 1 aliphatic rings. The van der Waals surface area contributed by atoms with E-state index in [1.165, 1.54) is 12.1 Å². The monoisotopic (exact) mass is 332 g/mol. The fraction of sp³-hybridized carbons (Fsp3) is 0.294.